The van der Waals surface area contributed by atoms with E-state index in [-0.39, 0.29) is 10.6 Å². The minimum absolute atomic E-state index is 0.00119. The van der Waals surface area contributed by atoms with Crippen molar-refractivity contribution < 1.29 is 9.50 Å². The minimum atomic E-state index is -1.06. The molecule has 0 saturated heterocycles. The Kier molecular flexibility index (Phi) is 2.94. The van der Waals surface area contributed by atoms with Crippen LogP contribution in [-0.2, 0) is 7.05 Å². The van der Waals surface area contributed by atoms with Gasteiger partial charge >= 0.3 is 0 Å². The maximum atomic E-state index is 13.7. The van der Waals surface area contributed by atoms with E-state index in [4.69, 9.17) is 11.6 Å². The van der Waals surface area contributed by atoms with Gasteiger partial charge < -0.3 is 5.11 Å². The normalized spacial score (nSPS) is 12.8. The second kappa shape index (κ2) is 4.23. The Morgan fingerprint density at radius 2 is 2.19 bits per heavy atom. The van der Waals surface area contributed by atoms with E-state index >= 15 is 0 Å². The Balaban J connectivity index is 2.46. The van der Waals surface area contributed by atoms with Gasteiger partial charge in [-0.05, 0) is 12.1 Å². The van der Waals surface area contributed by atoms with E-state index in [0.717, 1.165) is 0 Å². The van der Waals surface area contributed by atoms with E-state index < -0.39 is 11.9 Å². The summed E-state index contributed by atoms with van der Waals surface area (Å²) in [5.41, 5.74) is 0.664. The summed E-state index contributed by atoms with van der Waals surface area (Å²) in [6, 6.07) is 6.17. The van der Waals surface area contributed by atoms with Gasteiger partial charge in [-0.25, -0.2) is 4.39 Å². The average molecular weight is 241 g/mol. The topological polar surface area (TPSA) is 38.0 Å². The van der Waals surface area contributed by atoms with Crippen molar-refractivity contribution in [2.24, 2.45) is 7.05 Å². The number of hydrogen-bond acceptors (Lipinski definition) is 2. The van der Waals surface area contributed by atoms with Crippen molar-refractivity contribution >= 4 is 11.6 Å². The molecule has 0 spiro atoms. The number of halogens is 2. The van der Waals surface area contributed by atoms with Crippen LogP contribution in [0.5, 0.6) is 0 Å². The Morgan fingerprint density at radius 1 is 1.44 bits per heavy atom. The van der Waals surface area contributed by atoms with Gasteiger partial charge in [0.15, 0.2) is 0 Å². The molecule has 5 heteroatoms. The fourth-order valence-electron chi connectivity index (χ4n) is 1.54. The van der Waals surface area contributed by atoms with Gasteiger partial charge in [-0.3, -0.25) is 4.68 Å². The van der Waals surface area contributed by atoms with Gasteiger partial charge in [0.1, 0.15) is 11.9 Å². The number of aliphatic hydroxyl groups is 1. The summed E-state index contributed by atoms with van der Waals surface area (Å²) in [4.78, 5) is 0. The number of rotatable bonds is 2. The molecule has 1 heterocycles. The molecule has 2 aromatic rings. The first kappa shape index (κ1) is 11.1. The number of aliphatic hydroxyl groups excluding tert-OH is 1. The summed E-state index contributed by atoms with van der Waals surface area (Å²) < 4.78 is 15.1. The summed E-state index contributed by atoms with van der Waals surface area (Å²) in [5, 5.41) is 13.9. The lowest BCUT2D eigenvalue weighted by atomic mass is 10.1. The Hall–Kier alpha value is -1.39. The fraction of sp³-hybridized carbons (Fsp3) is 0.182. The molecule has 0 aliphatic heterocycles. The molecule has 1 N–H and O–H groups in total. The van der Waals surface area contributed by atoms with Gasteiger partial charge in [0, 0.05) is 18.8 Å². The van der Waals surface area contributed by atoms with Gasteiger partial charge in [-0.15, -0.1) is 0 Å². The summed E-state index contributed by atoms with van der Waals surface area (Å²) in [5.74, 6) is -0.599. The molecule has 1 aromatic heterocycles. The number of aryl methyl sites for hydroxylation is 1. The molecule has 3 nitrogen and oxygen atoms in total. The maximum absolute atomic E-state index is 13.7. The lowest BCUT2D eigenvalue weighted by molar-refractivity contribution is 0.204. The Morgan fingerprint density at radius 3 is 2.81 bits per heavy atom. The lowest BCUT2D eigenvalue weighted by Gasteiger charge is -2.12. The van der Waals surface area contributed by atoms with Crippen molar-refractivity contribution in [2.45, 2.75) is 6.10 Å². The number of benzene rings is 1. The maximum Gasteiger partial charge on any atom is 0.147 e. The SMILES string of the molecule is Cn1nccc1C(O)c1cccc(Cl)c1F. The van der Waals surface area contributed by atoms with E-state index in [1.165, 1.54) is 16.8 Å². The molecule has 0 aliphatic carbocycles. The molecule has 1 unspecified atom stereocenters. The first-order valence-corrected chi connectivity index (χ1v) is 5.09. The van der Waals surface area contributed by atoms with Crippen molar-refractivity contribution in [3.8, 4) is 0 Å². The molecule has 1 aromatic carbocycles. The van der Waals surface area contributed by atoms with Crippen LogP contribution < -0.4 is 0 Å². The summed E-state index contributed by atoms with van der Waals surface area (Å²) in [6.07, 6.45) is 0.479. The van der Waals surface area contributed by atoms with Crippen LogP contribution in [0, 0.1) is 5.82 Å². The standard InChI is InChI=1S/C11H10ClFN2O/c1-15-9(5-6-14-15)11(16)7-3-2-4-8(12)10(7)13/h2-6,11,16H,1H3. The zero-order chi connectivity index (χ0) is 11.7. The van der Waals surface area contributed by atoms with Crippen molar-refractivity contribution in [3.05, 3.63) is 52.6 Å². The van der Waals surface area contributed by atoms with Crippen molar-refractivity contribution in [2.75, 3.05) is 0 Å². The van der Waals surface area contributed by atoms with E-state index in [9.17, 15) is 9.50 Å². The number of hydrogen-bond donors (Lipinski definition) is 1. The zero-order valence-electron chi connectivity index (χ0n) is 8.56. The highest BCUT2D eigenvalue weighted by atomic mass is 35.5. The predicted octanol–water partition coefficient (Wildman–Crippen LogP) is 2.29. The molecule has 1 atom stereocenters. The average Bonchev–Trinajstić information content (AvgIpc) is 2.68. The third-order valence-electron chi connectivity index (χ3n) is 2.42. The molecule has 2 rings (SSSR count). The van der Waals surface area contributed by atoms with Crippen LogP contribution in [0.2, 0.25) is 5.02 Å². The second-order valence-corrected chi connectivity index (χ2v) is 3.83. The lowest BCUT2D eigenvalue weighted by Crippen LogP contribution is -2.08. The summed E-state index contributed by atoms with van der Waals surface area (Å²) in [6.45, 7) is 0. The van der Waals surface area contributed by atoms with Gasteiger partial charge in [0.05, 0.1) is 10.7 Å². The van der Waals surface area contributed by atoms with E-state index in [2.05, 4.69) is 5.10 Å². The smallest absolute Gasteiger partial charge is 0.147 e. The Bertz CT molecular complexity index is 512. The monoisotopic (exact) mass is 240 g/mol. The molecule has 0 aliphatic rings. The predicted molar refractivity (Wildman–Crippen MR) is 58.7 cm³/mol. The van der Waals surface area contributed by atoms with E-state index in [0.29, 0.717) is 5.69 Å². The van der Waals surface area contributed by atoms with Crippen LogP contribution >= 0.6 is 11.6 Å². The van der Waals surface area contributed by atoms with Crippen LogP contribution in [0.1, 0.15) is 17.4 Å². The number of aromatic nitrogens is 2. The highest BCUT2D eigenvalue weighted by molar-refractivity contribution is 6.30. The van der Waals surface area contributed by atoms with Crippen molar-refractivity contribution in [3.63, 3.8) is 0 Å². The van der Waals surface area contributed by atoms with Gasteiger partial charge in [0.25, 0.3) is 0 Å². The molecule has 0 fully saturated rings. The van der Waals surface area contributed by atoms with Crippen LogP contribution in [0.4, 0.5) is 4.39 Å². The zero-order valence-corrected chi connectivity index (χ0v) is 9.32. The molecular weight excluding hydrogens is 231 g/mol. The van der Waals surface area contributed by atoms with Gasteiger partial charge in [0.2, 0.25) is 0 Å². The molecule has 0 bridgehead atoms. The van der Waals surface area contributed by atoms with Gasteiger partial charge in [-0.2, -0.15) is 5.10 Å². The molecule has 0 radical (unpaired) electrons. The van der Waals surface area contributed by atoms with Crippen LogP contribution in [0.3, 0.4) is 0 Å². The quantitative estimate of drug-likeness (QED) is 0.875. The van der Waals surface area contributed by atoms with Gasteiger partial charge in [-0.1, -0.05) is 23.7 Å². The highest BCUT2D eigenvalue weighted by Gasteiger charge is 2.19. The first-order valence-electron chi connectivity index (χ1n) is 4.71. The molecule has 0 saturated carbocycles. The summed E-state index contributed by atoms with van der Waals surface area (Å²) in [7, 11) is 1.68. The van der Waals surface area contributed by atoms with Crippen LogP contribution in [-0.4, -0.2) is 14.9 Å². The largest absolute Gasteiger partial charge is 0.382 e. The molecule has 0 amide bonds. The van der Waals surface area contributed by atoms with E-state index in [1.807, 2.05) is 0 Å². The molecule has 16 heavy (non-hydrogen) atoms. The van der Waals surface area contributed by atoms with Crippen LogP contribution in [0.15, 0.2) is 30.5 Å². The third kappa shape index (κ3) is 1.81. The second-order valence-electron chi connectivity index (χ2n) is 3.43. The first-order chi connectivity index (χ1) is 7.61. The summed E-state index contributed by atoms with van der Waals surface area (Å²) >= 11 is 5.65. The number of nitrogens with zero attached hydrogens (tertiary/aromatic N) is 2. The van der Waals surface area contributed by atoms with Crippen molar-refractivity contribution in [1.82, 2.24) is 9.78 Å². The molecular formula is C11H10ClFN2O. The van der Waals surface area contributed by atoms with Crippen molar-refractivity contribution in [1.29, 1.82) is 0 Å². The third-order valence-corrected chi connectivity index (χ3v) is 2.71. The minimum Gasteiger partial charge on any atom is -0.382 e. The molecule has 84 valence electrons. The Labute approximate surface area is 97.1 Å². The van der Waals surface area contributed by atoms with Crippen LogP contribution in [0.25, 0.3) is 0 Å². The van der Waals surface area contributed by atoms with E-state index in [1.54, 1.807) is 25.4 Å². The fourth-order valence-corrected chi connectivity index (χ4v) is 1.73. The highest BCUT2D eigenvalue weighted by Crippen LogP contribution is 2.27.